The van der Waals surface area contributed by atoms with Crippen LogP contribution in [0, 0.1) is 0 Å². The van der Waals surface area contributed by atoms with Crippen molar-refractivity contribution in [2.24, 2.45) is 0 Å². The van der Waals surface area contributed by atoms with Gasteiger partial charge in [0.25, 0.3) is 0 Å². The van der Waals surface area contributed by atoms with Crippen LogP contribution in [0.5, 0.6) is 0 Å². The van der Waals surface area contributed by atoms with Gasteiger partial charge in [-0.1, -0.05) is 42.5 Å². The van der Waals surface area contributed by atoms with Crippen LogP contribution in [0.1, 0.15) is 10.4 Å². The molecule has 0 unspecified atom stereocenters. The smallest absolute Gasteiger partial charge is 0.0886 e. The molecular formula is C17H16Cl3N2O2Ru. The number of hydrogen-bond acceptors (Lipinski definition) is 3. The van der Waals surface area contributed by atoms with E-state index in [9.17, 15) is 4.79 Å². The molecular weight excluding hydrogens is 472 g/mol. The van der Waals surface area contributed by atoms with Gasteiger partial charge in [-0.25, -0.2) is 0 Å². The predicted molar refractivity (Wildman–Crippen MR) is 100 cm³/mol. The zero-order valence-electron chi connectivity index (χ0n) is 12.9. The van der Waals surface area contributed by atoms with Crippen LogP contribution in [0.2, 0.25) is 0 Å². The van der Waals surface area contributed by atoms with Crippen molar-refractivity contribution >= 4 is 35.4 Å². The van der Waals surface area contributed by atoms with Crippen molar-refractivity contribution in [3.8, 4) is 11.4 Å². The second kappa shape index (κ2) is 14.9. The van der Waals surface area contributed by atoms with Crippen LogP contribution in [0.4, 0.5) is 0 Å². The molecule has 3 aromatic rings. The summed E-state index contributed by atoms with van der Waals surface area (Å²) in [7, 11) is 14.8. The Hall–Kier alpha value is -1.36. The number of aldehydes is 1. The molecule has 0 radical (unpaired) electrons. The summed E-state index contributed by atoms with van der Waals surface area (Å²) in [6.45, 7) is 0. The number of benzene rings is 1. The minimum Gasteiger partial charge on any atom is -0.255 e. The molecule has 0 amide bonds. The van der Waals surface area contributed by atoms with E-state index in [1.54, 1.807) is 24.5 Å². The van der Waals surface area contributed by atoms with Gasteiger partial charge in [0.2, 0.25) is 0 Å². The number of carbonyl (C=O) groups excluding carboxylic acids is 1. The van der Waals surface area contributed by atoms with Gasteiger partial charge in [-0.15, -0.1) is 0 Å². The number of hydrogen-bond donors (Lipinski definition) is 0. The minimum absolute atomic E-state index is 0. The molecule has 2 N–H and O–H groups in total. The largest absolute Gasteiger partial charge is 0.255 e. The third-order valence-electron chi connectivity index (χ3n) is 2.53. The monoisotopic (exact) mass is 487 g/mol. The molecule has 3 rings (SSSR count). The fraction of sp³-hybridized carbons (Fsp3) is 0. The summed E-state index contributed by atoms with van der Waals surface area (Å²) < 4.78 is 0. The number of halogens is 3. The van der Waals surface area contributed by atoms with Crippen LogP contribution in [0.15, 0.2) is 79.1 Å². The fourth-order valence-corrected chi connectivity index (χ4v) is 1.56. The maximum Gasteiger partial charge on any atom is 0.0886 e. The average Bonchev–Trinajstić information content (AvgIpc) is 2.64. The number of carbonyl (C=O) groups is 1. The van der Waals surface area contributed by atoms with Crippen LogP contribution in [0.3, 0.4) is 0 Å². The van der Waals surface area contributed by atoms with Crippen molar-refractivity contribution in [1.82, 2.24) is 9.97 Å². The summed E-state index contributed by atoms with van der Waals surface area (Å²) in [4.78, 5) is 18.4. The van der Waals surface area contributed by atoms with E-state index in [4.69, 9.17) is 29.1 Å². The van der Waals surface area contributed by atoms with Gasteiger partial charge in [0, 0.05) is 18.0 Å². The van der Waals surface area contributed by atoms with E-state index in [-0.39, 0.29) is 5.48 Å². The second-order valence-corrected chi connectivity index (χ2v) is 12.0. The Morgan fingerprint density at radius 1 is 0.720 bits per heavy atom. The predicted octanol–water partition coefficient (Wildman–Crippen LogP) is 4.88. The Bertz CT molecular complexity index is 650. The Morgan fingerprint density at radius 2 is 1.12 bits per heavy atom. The Balaban J connectivity index is 0.000000387. The maximum absolute atomic E-state index is 10.0. The van der Waals surface area contributed by atoms with E-state index >= 15 is 0 Å². The Labute approximate surface area is 164 Å². The number of nitrogens with zero attached hydrogens (tertiary/aromatic N) is 2. The summed E-state index contributed by atoms with van der Waals surface area (Å²) in [5.41, 5.74) is 2.56. The van der Waals surface area contributed by atoms with Crippen LogP contribution < -0.4 is 0 Å². The van der Waals surface area contributed by atoms with E-state index in [2.05, 4.69) is 9.97 Å². The average molecular weight is 488 g/mol. The van der Waals surface area contributed by atoms with Gasteiger partial charge in [0.05, 0.1) is 11.4 Å². The van der Waals surface area contributed by atoms with E-state index < -0.39 is 13.0 Å². The van der Waals surface area contributed by atoms with E-state index in [0.717, 1.165) is 23.2 Å². The van der Waals surface area contributed by atoms with Crippen molar-refractivity contribution in [2.75, 3.05) is 0 Å². The molecule has 0 aliphatic carbocycles. The van der Waals surface area contributed by atoms with Gasteiger partial charge in [-0.3, -0.25) is 14.8 Å². The minimum atomic E-state index is -1.75. The van der Waals surface area contributed by atoms with E-state index in [1.807, 2.05) is 54.6 Å². The molecule has 8 heteroatoms. The third kappa shape index (κ3) is 11.8. The van der Waals surface area contributed by atoms with Gasteiger partial charge < -0.3 is 5.48 Å². The fourth-order valence-electron chi connectivity index (χ4n) is 1.56. The molecule has 25 heavy (non-hydrogen) atoms. The first-order valence-electron chi connectivity index (χ1n) is 6.63. The molecule has 0 fully saturated rings. The summed E-state index contributed by atoms with van der Waals surface area (Å²) in [6.07, 6.45) is 4.37. The standard InChI is InChI=1S/C10H8N2.C7H6O.3ClH.H2O.Ru/c1-3-7-11-9(5-1)10-6-2-4-8-12-10;8-6-7-4-2-1-3-5-7;;;;;/h1-8H;1-6H;3*1H;1H2;/q;;;;;;+3/p-3. The number of aromatic nitrogens is 2. The summed E-state index contributed by atoms with van der Waals surface area (Å²) in [6, 6.07) is 20.7. The zero-order chi connectivity index (χ0) is 17.6. The molecule has 0 atom stereocenters. The van der Waals surface area contributed by atoms with Crippen LogP contribution in [-0.2, 0) is 13.0 Å². The third-order valence-corrected chi connectivity index (χ3v) is 2.53. The summed E-state index contributed by atoms with van der Waals surface area (Å²) >= 11 is -1.75. The van der Waals surface area contributed by atoms with Gasteiger partial charge in [-0.05, 0) is 24.3 Å². The molecule has 2 aromatic heterocycles. The SMILES string of the molecule is O.O=Cc1ccccc1.[Cl][Ru]([Cl])[Cl].c1ccc(-c2ccccn2)nc1. The molecule has 0 saturated heterocycles. The van der Waals surface area contributed by atoms with Crippen molar-refractivity contribution in [3.63, 3.8) is 0 Å². The first-order valence-corrected chi connectivity index (χ1v) is 13.3. The molecule has 0 aliphatic heterocycles. The van der Waals surface area contributed by atoms with E-state index in [1.165, 1.54) is 0 Å². The van der Waals surface area contributed by atoms with Gasteiger partial charge in [-0.2, -0.15) is 0 Å². The maximum atomic E-state index is 10.0. The molecule has 2 heterocycles. The molecule has 1 aromatic carbocycles. The Kier molecular flexibility index (Phi) is 14.1. The zero-order valence-corrected chi connectivity index (χ0v) is 16.9. The van der Waals surface area contributed by atoms with Gasteiger partial charge >= 0.3 is 42.1 Å². The van der Waals surface area contributed by atoms with Crippen molar-refractivity contribution in [1.29, 1.82) is 0 Å². The molecule has 0 bridgehead atoms. The first-order chi connectivity index (χ1) is 11.6. The molecule has 0 saturated carbocycles. The number of pyridine rings is 2. The van der Waals surface area contributed by atoms with Gasteiger partial charge in [0.1, 0.15) is 6.29 Å². The summed E-state index contributed by atoms with van der Waals surface area (Å²) in [5.74, 6) is 0. The van der Waals surface area contributed by atoms with Crippen molar-refractivity contribution in [2.45, 2.75) is 0 Å². The molecule has 135 valence electrons. The first kappa shape index (κ1) is 23.6. The Morgan fingerprint density at radius 3 is 1.40 bits per heavy atom. The van der Waals surface area contributed by atoms with Crippen LogP contribution in [-0.4, -0.2) is 21.7 Å². The molecule has 4 nitrogen and oxygen atoms in total. The van der Waals surface area contributed by atoms with Crippen LogP contribution in [0.25, 0.3) is 11.4 Å². The second-order valence-electron chi connectivity index (χ2n) is 4.11. The molecule has 0 aliphatic rings. The van der Waals surface area contributed by atoms with Crippen LogP contribution >= 0.6 is 29.1 Å². The summed E-state index contributed by atoms with van der Waals surface area (Å²) in [5, 5.41) is 0. The van der Waals surface area contributed by atoms with Gasteiger partial charge in [0.15, 0.2) is 0 Å². The topological polar surface area (TPSA) is 74.3 Å². The number of rotatable bonds is 2. The van der Waals surface area contributed by atoms with E-state index in [0.29, 0.717) is 0 Å². The normalized spacial score (nSPS) is 9.16. The van der Waals surface area contributed by atoms with Crippen molar-refractivity contribution in [3.05, 3.63) is 84.7 Å². The van der Waals surface area contributed by atoms with Crippen molar-refractivity contribution < 1.29 is 23.2 Å². The molecule has 0 spiro atoms. The quantitative estimate of drug-likeness (QED) is 0.382.